The second-order valence-electron chi connectivity index (χ2n) is 6.95. The van der Waals surface area contributed by atoms with Crippen LogP contribution in [0.15, 0.2) is 53.4 Å². The van der Waals surface area contributed by atoms with E-state index in [-0.39, 0.29) is 16.7 Å². The highest BCUT2D eigenvalue weighted by Gasteiger charge is 2.33. The zero-order valence-electron chi connectivity index (χ0n) is 16.9. The molecule has 1 aliphatic rings. The molecular formula is C21H26N2O5S. The first-order valence-corrected chi connectivity index (χ1v) is 10.9. The third-order valence-corrected chi connectivity index (χ3v) is 7.20. The Bertz CT molecular complexity index is 934. The van der Waals surface area contributed by atoms with Crippen molar-refractivity contribution in [3.63, 3.8) is 0 Å². The summed E-state index contributed by atoms with van der Waals surface area (Å²) in [5.74, 6) is 1.13. The molecule has 0 atom stereocenters. The molecule has 0 aromatic heterocycles. The maximum Gasteiger partial charge on any atom is 0.243 e. The van der Waals surface area contributed by atoms with E-state index in [4.69, 9.17) is 9.47 Å². The number of methoxy groups -OCH3 is 2. The molecule has 29 heavy (non-hydrogen) atoms. The Balaban J connectivity index is 1.63. The number of sulfonamides is 1. The first-order valence-electron chi connectivity index (χ1n) is 9.42. The van der Waals surface area contributed by atoms with E-state index in [0.29, 0.717) is 31.7 Å². The Morgan fingerprint density at radius 1 is 0.931 bits per heavy atom. The third-order valence-electron chi connectivity index (χ3n) is 5.29. The zero-order chi connectivity index (χ0) is 21.0. The highest BCUT2D eigenvalue weighted by atomic mass is 32.2. The van der Waals surface area contributed by atoms with E-state index in [0.717, 1.165) is 11.4 Å². The van der Waals surface area contributed by atoms with Crippen LogP contribution in [0.3, 0.4) is 0 Å². The van der Waals surface area contributed by atoms with E-state index < -0.39 is 10.0 Å². The summed E-state index contributed by atoms with van der Waals surface area (Å²) in [4.78, 5) is 14.7. The van der Waals surface area contributed by atoms with Crippen molar-refractivity contribution in [1.82, 2.24) is 4.31 Å². The fourth-order valence-corrected chi connectivity index (χ4v) is 4.92. The number of hydrogen-bond donors (Lipinski definition) is 0. The Kier molecular flexibility index (Phi) is 6.44. The molecule has 0 spiro atoms. The Labute approximate surface area is 171 Å². The van der Waals surface area contributed by atoms with E-state index >= 15 is 0 Å². The van der Waals surface area contributed by atoms with Gasteiger partial charge in [-0.25, -0.2) is 8.42 Å². The molecule has 0 radical (unpaired) electrons. The average Bonchev–Trinajstić information content (AvgIpc) is 2.78. The summed E-state index contributed by atoms with van der Waals surface area (Å²) in [6.07, 6.45) is 0.990. The summed E-state index contributed by atoms with van der Waals surface area (Å²) in [6, 6.07) is 13.6. The summed E-state index contributed by atoms with van der Waals surface area (Å²) in [5.41, 5.74) is 0.782. The number of nitrogens with zero attached hydrogens (tertiary/aromatic N) is 2. The number of piperidine rings is 1. The van der Waals surface area contributed by atoms with Gasteiger partial charge in [-0.1, -0.05) is 0 Å². The molecule has 1 amide bonds. The van der Waals surface area contributed by atoms with Crippen LogP contribution in [0.25, 0.3) is 0 Å². The van der Waals surface area contributed by atoms with Gasteiger partial charge in [0.05, 0.1) is 19.1 Å². The number of anilines is 1. The molecule has 0 saturated carbocycles. The molecule has 2 aromatic rings. The maximum atomic E-state index is 12.9. The number of rotatable bonds is 6. The number of ether oxygens (including phenoxy) is 2. The van der Waals surface area contributed by atoms with Crippen LogP contribution < -0.4 is 14.4 Å². The summed E-state index contributed by atoms with van der Waals surface area (Å²) in [5, 5.41) is 0. The van der Waals surface area contributed by atoms with Gasteiger partial charge in [0.1, 0.15) is 11.5 Å². The van der Waals surface area contributed by atoms with Crippen LogP contribution in [0.1, 0.15) is 12.8 Å². The summed E-state index contributed by atoms with van der Waals surface area (Å²) in [6.45, 7) is 0.641. The number of carbonyl (C=O) groups excluding carboxylic acids is 1. The second-order valence-corrected chi connectivity index (χ2v) is 8.89. The molecular weight excluding hydrogens is 392 g/mol. The van der Waals surface area contributed by atoms with Gasteiger partial charge in [0.2, 0.25) is 15.9 Å². The number of benzene rings is 2. The number of amides is 1. The molecule has 7 nitrogen and oxygen atoms in total. The van der Waals surface area contributed by atoms with Crippen LogP contribution in [0.4, 0.5) is 5.69 Å². The molecule has 8 heteroatoms. The van der Waals surface area contributed by atoms with E-state index in [1.54, 1.807) is 43.3 Å². The Hall–Kier alpha value is -2.58. The third kappa shape index (κ3) is 4.54. The lowest BCUT2D eigenvalue weighted by molar-refractivity contribution is -0.123. The van der Waals surface area contributed by atoms with Gasteiger partial charge in [0.25, 0.3) is 0 Å². The van der Waals surface area contributed by atoms with Crippen molar-refractivity contribution in [2.75, 3.05) is 39.3 Å². The van der Waals surface area contributed by atoms with Crippen LogP contribution >= 0.6 is 0 Å². The van der Waals surface area contributed by atoms with E-state index in [1.165, 1.54) is 11.4 Å². The van der Waals surface area contributed by atoms with Crippen molar-refractivity contribution in [2.24, 2.45) is 5.92 Å². The predicted molar refractivity (Wildman–Crippen MR) is 111 cm³/mol. The first kappa shape index (κ1) is 21.1. The second kappa shape index (κ2) is 8.84. The van der Waals surface area contributed by atoms with Crippen molar-refractivity contribution < 1.29 is 22.7 Å². The van der Waals surface area contributed by atoms with E-state index in [2.05, 4.69) is 0 Å². The van der Waals surface area contributed by atoms with Gasteiger partial charge in [0, 0.05) is 31.7 Å². The standard InChI is InChI=1S/C21H26N2O5S/c1-22(17-4-6-18(27-2)7-5-17)21(24)16-12-14-23(15-13-16)29(25,26)20-10-8-19(28-3)9-11-20/h4-11,16H,12-15H2,1-3H3. The summed E-state index contributed by atoms with van der Waals surface area (Å²) in [7, 11) is 1.29. The Morgan fingerprint density at radius 3 is 1.90 bits per heavy atom. The fraction of sp³-hybridized carbons (Fsp3) is 0.381. The van der Waals surface area contributed by atoms with Crippen molar-refractivity contribution in [3.8, 4) is 11.5 Å². The first-order chi connectivity index (χ1) is 13.9. The lowest BCUT2D eigenvalue weighted by Gasteiger charge is -2.32. The van der Waals surface area contributed by atoms with Crippen molar-refractivity contribution >= 4 is 21.6 Å². The lowest BCUT2D eigenvalue weighted by atomic mass is 9.96. The largest absolute Gasteiger partial charge is 0.497 e. The summed E-state index contributed by atoms with van der Waals surface area (Å²) >= 11 is 0. The monoisotopic (exact) mass is 418 g/mol. The molecule has 1 fully saturated rings. The fourth-order valence-electron chi connectivity index (χ4n) is 3.45. The van der Waals surface area contributed by atoms with Crippen molar-refractivity contribution in [3.05, 3.63) is 48.5 Å². The minimum atomic E-state index is -3.58. The van der Waals surface area contributed by atoms with Crippen LogP contribution in [-0.4, -0.2) is 53.0 Å². The highest BCUT2D eigenvalue weighted by Crippen LogP contribution is 2.27. The Morgan fingerprint density at radius 2 is 1.41 bits per heavy atom. The lowest BCUT2D eigenvalue weighted by Crippen LogP contribution is -2.43. The molecule has 1 aliphatic heterocycles. The topological polar surface area (TPSA) is 76.2 Å². The van der Waals surface area contributed by atoms with Crippen molar-refractivity contribution in [1.29, 1.82) is 0 Å². The van der Waals surface area contributed by atoms with Gasteiger partial charge in [0.15, 0.2) is 0 Å². The molecule has 156 valence electrons. The smallest absolute Gasteiger partial charge is 0.243 e. The van der Waals surface area contributed by atoms with Crippen LogP contribution in [-0.2, 0) is 14.8 Å². The predicted octanol–water partition coefficient (Wildman–Crippen LogP) is 2.77. The van der Waals surface area contributed by atoms with Crippen molar-refractivity contribution in [2.45, 2.75) is 17.7 Å². The SMILES string of the molecule is COc1ccc(N(C)C(=O)C2CCN(S(=O)(=O)c3ccc(OC)cc3)CC2)cc1. The van der Waals surface area contributed by atoms with Gasteiger partial charge >= 0.3 is 0 Å². The van der Waals surface area contributed by atoms with Crippen LogP contribution in [0.5, 0.6) is 11.5 Å². The molecule has 1 heterocycles. The molecule has 1 saturated heterocycles. The molecule has 0 unspecified atom stereocenters. The molecule has 2 aromatic carbocycles. The molecule has 0 N–H and O–H groups in total. The van der Waals surface area contributed by atoms with Crippen LogP contribution in [0.2, 0.25) is 0 Å². The maximum absolute atomic E-state index is 12.9. The van der Waals surface area contributed by atoms with Gasteiger partial charge in [-0.15, -0.1) is 0 Å². The quantitative estimate of drug-likeness (QED) is 0.721. The molecule has 3 rings (SSSR count). The van der Waals surface area contributed by atoms with Gasteiger partial charge in [-0.2, -0.15) is 4.31 Å². The van der Waals surface area contributed by atoms with E-state index in [9.17, 15) is 13.2 Å². The minimum absolute atomic E-state index is 0.00309. The normalized spacial score (nSPS) is 15.7. The number of carbonyl (C=O) groups is 1. The molecule has 0 bridgehead atoms. The van der Waals surface area contributed by atoms with Gasteiger partial charge in [-0.3, -0.25) is 4.79 Å². The zero-order valence-corrected chi connectivity index (χ0v) is 17.7. The highest BCUT2D eigenvalue weighted by molar-refractivity contribution is 7.89. The summed E-state index contributed by atoms with van der Waals surface area (Å²) < 4.78 is 37.4. The van der Waals surface area contributed by atoms with Gasteiger partial charge < -0.3 is 14.4 Å². The van der Waals surface area contributed by atoms with Gasteiger partial charge in [-0.05, 0) is 61.4 Å². The number of hydrogen-bond acceptors (Lipinski definition) is 5. The molecule has 0 aliphatic carbocycles. The van der Waals surface area contributed by atoms with Crippen LogP contribution in [0, 0.1) is 5.92 Å². The minimum Gasteiger partial charge on any atom is -0.497 e. The average molecular weight is 419 g/mol. The van der Waals surface area contributed by atoms with E-state index in [1.807, 2.05) is 24.3 Å².